The SMILES string of the molecule is C=CCCC(=C)Cl. The lowest BCUT2D eigenvalue weighted by molar-refractivity contribution is 1.04. The molecule has 0 spiro atoms. The van der Waals surface area contributed by atoms with Crippen molar-refractivity contribution in [3.63, 3.8) is 0 Å². The van der Waals surface area contributed by atoms with Gasteiger partial charge in [-0.15, -0.1) is 6.58 Å². The summed E-state index contributed by atoms with van der Waals surface area (Å²) < 4.78 is 0. The number of halogens is 1. The van der Waals surface area contributed by atoms with Crippen molar-refractivity contribution in [2.75, 3.05) is 0 Å². The molecule has 1 heteroatoms. The zero-order valence-corrected chi connectivity index (χ0v) is 5.04. The average molecular weight is 117 g/mol. The molecule has 0 N–H and O–H groups in total. The van der Waals surface area contributed by atoms with Crippen LogP contribution in [0.25, 0.3) is 0 Å². The van der Waals surface area contributed by atoms with Gasteiger partial charge in [-0.1, -0.05) is 24.3 Å². The molecule has 0 aromatic carbocycles. The van der Waals surface area contributed by atoms with Crippen LogP contribution in [0.3, 0.4) is 0 Å². The molecule has 0 amide bonds. The number of hydrogen-bond donors (Lipinski definition) is 0. The van der Waals surface area contributed by atoms with E-state index in [0.29, 0.717) is 5.03 Å². The van der Waals surface area contributed by atoms with Gasteiger partial charge in [0.2, 0.25) is 0 Å². The molecule has 0 aliphatic carbocycles. The molecule has 7 heavy (non-hydrogen) atoms. The van der Waals surface area contributed by atoms with Crippen LogP contribution >= 0.6 is 11.6 Å². The number of hydrogen-bond acceptors (Lipinski definition) is 0. The first-order valence-electron chi connectivity index (χ1n) is 2.21. The second-order valence-electron chi connectivity index (χ2n) is 1.34. The molecule has 0 nitrogen and oxygen atoms in total. The van der Waals surface area contributed by atoms with Gasteiger partial charge in [0.15, 0.2) is 0 Å². The fraction of sp³-hybridized carbons (Fsp3) is 0.333. The summed E-state index contributed by atoms with van der Waals surface area (Å²) in [6, 6.07) is 0. The molecule has 0 heterocycles. The summed E-state index contributed by atoms with van der Waals surface area (Å²) in [7, 11) is 0. The zero-order chi connectivity index (χ0) is 5.70. The first kappa shape index (κ1) is 6.77. The van der Waals surface area contributed by atoms with Crippen LogP contribution in [0.15, 0.2) is 24.3 Å². The van der Waals surface area contributed by atoms with E-state index in [1.807, 2.05) is 6.08 Å². The predicted molar refractivity (Wildman–Crippen MR) is 34.4 cm³/mol. The van der Waals surface area contributed by atoms with E-state index in [4.69, 9.17) is 11.6 Å². The van der Waals surface area contributed by atoms with Crippen LogP contribution in [0.4, 0.5) is 0 Å². The van der Waals surface area contributed by atoms with E-state index in [1.54, 1.807) is 0 Å². The standard InChI is InChI=1S/C6H9Cl/c1-3-4-5-6(2)7/h3H,1-2,4-5H2. The quantitative estimate of drug-likeness (QED) is 0.498. The summed E-state index contributed by atoms with van der Waals surface area (Å²) in [6.45, 7) is 7.04. The maximum atomic E-state index is 5.41. The van der Waals surface area contributed by atoms with Crippen LogP contribution < -0.4 is 0 Å². The Balaban J connectivity index is 2.97. The van der Waals surface area contributed by atoms with Crippen molar-refractivity contribution in [3.8, 4) is 0 Å². The van der Waals surface area contributed by atoms with Crippen molar-refractivity contribution in [2.24, 2.45) is 0 Å². The molecule has 0 bridgehead atoms. The number of allylic oxidation sites excluding steroid dienone is 2. The average Bonchev–Trinajstić information content (AvgIpc) is 1.61. The minimum absolute atomic E-state index is 0.708. The highest BCUT2D eigenvalue weighted by Gasteiger charge is 1.81. The molecule has 0 aliphatic rings. The van der Waals surface area contributed by atoms with Gasteiger partial charge in [0, 0.05) is 5.03 Å². The highest BCUT2D eigenvalue weighted by atomic mass is 35.5. The van der Waals surface area contributed by atoms with Crippen molar-refractivity contribution >= 4 is 11.6 Å². The van der Waals surface area contributed by atoms with Gasteiger partial charge in [-0.05, 0) is 12.8 Å². The number of rotatable bonds is 3. The Morgan fingerprint density at radius 2 is 2.29 bits per heavy atom. The Morgan fingerprint density at radius 3 is 2.43 bits per heavy atom. The molecule has 0 aliphatic heterocycles. The third kappa shape index (κ3) is 5.77. The molecule has 0 atom stereocenters. The van der Waals surface area contributed by atoms with E-state index in [2.05, 4.69) is 13.2 Å². The molecule has 0 saturated carbocycles. The van der Waals surface area contributed by atoms with Crippen LogP contribution in [-0.2, 0) is 0 Å². The Hall–Kier alpha value is -0.230. The van der Waals surface area contributed by atoms with E-state index >= 15 is 0 Å². The van der Waals surface area contributed by atoms with E-state index < -0.39 is 0 Å². The summed E-state index contributed by atoms with van der Waals surface area (Å²) in [5.41, 5.74) is 0. The highest BCUT2D eigenvalue weighted by Crippen LogP contribution is 2.05. The lowest BCUT2D eigenvalue weighted by Crippen LogP contribution is -1.65. The molecule has 0 aromatic heterocycles. The van der Waals surface area contributed by atoms with Gasteiger partial charge in [0.05, 0.1) is 0 Å². The van der Waals surface area contributed by atoms with E-state index in [-0.39, 0.29) is 0 Å². The molecule has 0 unspecified atom stereocenters. The van der Waals surface area contributed by atoms with Crippen molar-refractivity contribution in [1.29, 1.82) is 0 Å². The molecular formula is C6H9Cl. The maximum absolute atomic E-state index is 5.41. The van der Waals surface area contributed by atoms with Gasteiger partial charge in [0.1, 0.15) is 0 Å². The summed E-state index contributed by atoms with van der Waals surface area (Å²) >= 11 is 5.41. The summed E-state index contributed by atoms with van der Waals surface area (Å²) in [6.07, 6.45) is 3.61. The third-order valence-electron chi connectivity index (χ3n) is 0.620. The largest absolute Gasteiger partial charge is 0.103 e. The van der Waals surface area contributed by atoms with Crippen molar-refractivity contribution in [2.45, 2.75) is 12.8 Å². The summed E-state index contributed by atoms with van der Waals surface area (Å²) in [4.78, 5) is 0. The lowest BCUT2D eigenvalue weighted by Gasteiger charge is -1.86. The van der Waals surface area contributed by atoms with Gasteiger partial charge >= 0.3 is 0 Å². The van der Waals surface area contributed by atoms with E-state index in [9.17, 15) is 0 Å². The second-order valence-corrected chi connectivity index (χ2v) is 1.88. The first-order chi connectivity index (χ1) is 3.27. The maximum Gasteiger partial charge on any atom is 0.0112 e. The van der Waals surface area contributed by atoms with Crippen LogP contribution in [-0.4, -0.2) is 0 Å². The van der Waals surface area contributed by atoms with Crippen LogP contribution in [0.5, 0.6) is 0 Å². The summed E-state index contributed by atoms with van der Waals surface area (Å²) in [5.74, 6) is 0. The first-order valence-corrected chi connectivity index (χ1v) is 2.59. The highest BCUT2D eigenvalue weighted by molar-refractivity contribution is 6.29. The monoisotopic (exact) mass is 116 g/mol. The Morgan fingerprint density at radius 1 is 1.71 bits per heavy atom. The molecule has 0 saturated heterocycles. The minimum atomic E-state index is 0.708. The van der Waals surface area contributed by atoms with Crippen LogP contribution in [0, 0.1) is 0 Å². The molecule has 0 fully saturated rings. The van der Waals surface area contributed by atoms with E-state index in [0.717, 1.165) is 12.8 Å². The second kappa shape index (κ2) is 3.94. The Kier molecular flexibility index (Phi) is 3.81. The molecule has 0 aromatic rings. The smallest absolute Gasteiger partial charge is 0.0112 e. The van der Waals surface area contributed by atoms with Crippen molar-refractivity contribution in [3.05, 3.63) is 24.3 Å². The van der Waals surface area contributed by atoms with Gasteiger partial charge in [0.25, 0.3) is 0 Å². The predicted octanol–water partition coefficient (Wildman–Crippen LogP) is 2.71. The summed E-state index contributed by atoms with van der Waals surface area (Å²) in [5, 5.41) is 0.708. The lowest BCUT2D eigenvalue weighted by atomic mass is 10.3. The fourth-order valence-electron chi connectivity index (χ4n) is 0.259. The van der Waals surface area contributed by atoms with Crippen molar-refractivity contribution in [1.82, 2.24) is 0 Å². The van der Waals surface area contributed by atoms with E-state index in [1.165, 1.54) is 0 Å². The van der Waals surface area contributed by atoms with Crippen LogP contribution in [0.1, 0.15) is 12.8 Å². The fourth-order valence-corrected chi connectivity index (χ4v) is 0.368. The normalized spacial score (nSPS) is 8.14. The van der Waals surface area contributed by atoms with Crippen molar-refractivity contribution < 1.29 is 0 Å². The minimum Gasteiger partial charge on any atom is -0.103 e. The topological polar surface area (TPSA) is 0 Å². The Labute approximate surface area is 49.5 Å². The van der Waals surface area contributed by atoms with Gasteiger partial charge < -0.3 is 0 Å². The van der Waals surface area contributed by atoms with Gasteiger partial charge in [-0.3, -0.25) is 0 Å². The molecule has 0 rings (SSSR count). The van der Waals surface area contributed by atoms with Crippen LogP contribution in [0.2, 0.25) is 0 Å². The third-order valence-corrected chi connectivity index (χ3v) is 0.809. The van der Waals surface area contributed by atoms with Gasteiger partial charge in [-0.25, -0.2) is 0 Å². The molecule has 0 radical (unpaired) electrons. The molecule has 40 valence electrons. The van der Waals surface area contributed by atoms with Gasteiger partial charge in [-0.2, -0.15) is 0 Å². The molecular weight excluding hydrogens is 108 g/mol. The Bertz CT molecular complexity index is 74.2. The zero-order valence-electron chi connectivity index (χ0n) is 4.28.